The fourth-order valence-corrected chi connectivity index (χ4v) is 1.95. The number of hydrogen-bond acceptors (Lipinski definition) is 6. The number of amides is 1. The average Bonchev–Trinajstić information content (AvgIpc) is 2.90. The Bertz CT molecular complexity index is 829. The van der Waals surface area contributed by atoms with Crippen LogP contribution < -0.4 is 10.1 Å². The first-order valence-electron chi connectivity index (χ1n) is 6.71. The Hall–Kier alpha value is -2.96. The van der Waals surface area contributed by atoms with Gasteiger partial charge in [-0.1, -0.05) is 17.3 Å². The topological polar surface area (TPSA) is 90.1 Å². The third-order valence-corrected chi connectivity index (χ3v) is 2.94. The maximum atomic E-state index is 11.8. The minimum absolute atomic E-state index is 0.181. The fourth-order valence-electron chi connectivity index (χ4n) is 1.95. The van der Waals surface area contributed by atoms with Crippen LogP contribution in [-0.2, 0) is 4.79 Å². The van der Waals surface area contributed by atoms with Crippen LogP contribution in [0.15, 0.2) is 34.9 Å². The van der Waals surface area contributed by atoms with Crippen molar-refractivity contribution >= 4 is 22.8 Å². The van der Waals surface area contributed by atoms with Gasteiger partial charge in [-0.25, -0.2) is 9.97 Å². The number of aromatic nitrogens is 3. The third-order valence-electron chi connectivity index (χ3n) is 2.94. The van der Waals surface area contributed by atoms with Crippen molar-refractivity contribution in [1.29, 1.82) is 0 Å². The molecule has 0 saturated heterocycles. The first kappa shape index (κ1) is 14.0. The lowest BCUT2D eigenvalue weighted by Gasteiger charge is -2.08. The first-order chi connectivity index (χ1) is 10.6. The number of hydrogen-bond donors (Lipinski definition) is 1. The van der Waals surface area contributed by atoms with Gasteiger partial charge in [-0.15, -0.1) is 0 Å². The van der Waals surface area contributed by atoms with E-state index in [1.54, 1.807) is 19.9 Å². The van der Waals surface area contributed by atoms with E-state index in [9.17, 15) is 4.79 Å². The van der Waals surface area contributed by atoms with Gasteiger partial charge < -0.3 is 14.6 Å². The Balaban J connectivity index is 1.68. The zero-order valence-electron chi connectivity index (χ0n) is 12.2. The molecule has 112 valence electrons. The Morgan fingerprint density at radius 2 is 1.95 bits per heavy atom. The molecule has 7 heteroatoms. The van der Waals surface area contributed by atoms with E-state index in [0.717, 1.165) is 11.0 Å². The van der Waals surface area contributed by atoms with Crippen LogP contribution in [0.2, 0.25) is 0 Å². The maximum Gasteiger partial charge on any atom is 0.263 e. The first-order valence-corrected chi connectivity index (χ1v) is 6.71. The minimum Gasteiger partial charge on any atom is -0.466 e. The highest BCUT2D eigenvalue weighted by molar-refractivity contribution is 5.90. The number of anilines is 1. The fraction of sp³-hybridized carbons (Fsp3) is 0.200. The standard InChI is InChI=1S/C15H14N4O3/c1-9-7-13(19-22-9)18-14(20)8-21-15-10(2)16-11-5-3-4-6-12(11)17-15/h3-7H,8H2,1-2H3,(H,18,19,20). The molecule has 0 unspecified atom stereocenters. The molecule has 1 N–H and O–H groups in total. The number of nitrogens with zero attached hydrogens (tertiary/aromatic N) is 3. The average molecular weight is 298 g/mol. The van der Waals surface area contributed by atoms with Crippen LogP contribution in [0, 0.1) is 13.8 Å². The van der Waals surface area contributed by atoms with Crippen LogP contribution in [0.1, 0.15) is 11.5 Å². The summed E-state index contributed by atoms with van der Waals surface area (Å²) in [5, 5.41) is 6.25. The Morgan fingerprint density at radius 3 is 2.64 bits per heavy atom. The van der Waals surface area contributed by atoms with Crippen LogP contribution in [-0.4, -0.2) is 27.6 Å². The molecule has 0 spiro atoms. The lowest BCUT2D eigenvalue weighted by Crippen LogP contribution is -2.21. The van der Waals surface area contributed by atoms with Crippen molar-refractivity contribution < 1.29 is 14.1 Å². The van der Waals surface area contributed by atoms with Crippen LogP contribution in [0.5, 0.6) is 5.88 Å². The molecule has 0 atom stereocenters. The summed E-state index contributed by atoms with van der Waals surface area (Å²) in [4.78, 5) is 20.6. The second-order valence-electron chi connectivity index (χ2n) is 4.76. The van der Waals surface area contributed by atoms with Gasteiger partial charge in [0.05, 0.1) is 11.0 Å². The predicted octanol–water partition coefficient (Wildman–Crippen LogP) is 2.25. The third kappa shape index (κ3) is 3.03. The SMILES string of the molecule is Cc1cc(NC(=O)COc2nc3ccccc3nc2C)no1. The van der Waals surface area contributed by atoms with E-state index >= 15 is 0 Å². The molecule has 0 saturated carbocycles. The summed E-state index contributed by atoms with van der Waals surface area (Å²) in [6.45, 7) is 3.35. The van der Waals surface area contributed by atoms with E-state index < -0.39 is 0 Å². The summed E-state index contributed by atoms with van der Waals surface area (Å²) in [5.41, 5.74) is 2.13. The molecule has 7 nitrogen and oxygen atoms in total. The second-order valence-corrected chi connectivity index (χ2v) is 4.76. The van der Waals surface area contributed by atoms with Crippen LogP contribution in [0.4, 0.5) is 5.82 Å². The smallest absolute Gasteiger partial charge is 0.263 e. The number of carbonyl (C=O) groups is 1. The number of nitrogens with one attached hydrogen (secondary N) is 1. The summed E-state index contributed by atoms with van der Waals surface area (Å²) in [5.74, 6) is 0.965. The summed E-state index contributed by atoms with van der Waals surface area (Å²) in [6, 6.07) is 9.10. The minimum atomic E-state index is -0.345. The van der Waals surface area contributed by atoms with Crippen LogP contribution in [0.3, 0.4) is 0 Å². The number of aryl methyl sites for hydroxylation is 2. The molecule has 0 aliphatic rings. The zero-order chi connectivity index (χ0) is 15.5. The molecular formula is C15H14N4O3. The lowest BCUT2D eigenvalue weighted by atomic mass is 10.3. The molecule has 1 aromatic carbocycles. The van der Waals surface area contributed by atoms with Gasteiger partial charge in [0.15, 0.2) is 12.4 Å². The van der Waals surface area contributed by atoms with Gasteiger partial charge in [0.2, 0.25) is 5.88 Å². The lowest BCUT2D eigenvalue weighted by molar-refractivity contribution is -0.118. The van der Waals surface area contributed by atoms with E-state index in [2.05, 4.69) is 20.4 Å². The van der Waals surface area contributed by atoms with Crippen LogP contribution >= 0.6 is 0 Å². The summed E-state index contributed by atoms with van der Waals surface area (Å²) in [7, 11) is 0. The number of benzene rings is 1. The van der Waals surface area contributed by atoms with Gasteiger partial charge in [0, 0.05) is 6.07 Å². The summed E-state index contributed by atoms with van der Waals surface area (Å²) in [6.07, 6.45) is 0. The molecule has 0 fully saturated rings. The van der Waals surface area contributed by atoms with Crippen molar-refractivity contribution in [1.82, 2.24) is 15.1 Å². The van der Waals surface area contributed by atoms with Gasteiger partial charge in [-0.3, -0.25) is 4.79 Å². The van der Waals surface area contributed by atoms with E-state index in [1.165, 1.54) is 0 Å². The Morgan fingerprint density at radius 1 is 1.23 bits per heavy atom. The van der Waals surface area contributed by atoms with Gasteiger partial charge in [0.25, 0.3) is 5.91 Å². The van der Waals surface area contributed by atoms with Crippen molar-refractivity contribution in [3.63, 3.8) is 0 Å². The largest absolute Gasteiger partial charge is 0.466 e. The molecule has 3 aromatic rings. The monoisotopic (exact) mass is 298 g/mol. The quantitative estimate of drug-likeness (QED) is 0.794. The van der Waals surface area contributed by atoms with Gasteiger partial charge in [0.1, 0.15) is 11.5 Å². The van der Waals surface area contributed by atoms with Gasteiger partial charge >= 0.3 is 0 Å². The van der Waals surface area contributed by atoms with Crippen molar-refractivity contribution in [2.75, 3.05) is 11.9 Å². The maximum absolute atomic E-state index is 11.8. The Labute approximate surface area is 126 Å². The molecule has 0 bridgehead atoms. The van der Waals surface area contributed by atoms with Crippen molar-refractivity contribution in [2.45, 2.75) is 13.8 Å². The molecule has 2 heterocycles. The number of rotatable bonds is 4. The number of para-hydroxylation sites is 2. The second kappa shape index (κ2) is 5.80. The highest BCUT2D eigenvalue weighted by Crippen LogP contribution is 2.17. The van der Waals surface area contributed by atoms with Gasteiger partial charge in [-0.05, 0) is 26.0 Å². The van der Waals surface area contributed by atoms with Crippen molar-refractivity contribution in [3.8, 4) is 5.88 Å². The Kier molecular flexibility index (Phi) is 3.69. The number of carbonyl (C=O) groups excluding carboxylic acids is 1. The van der Waals surface area contributed by atoms with E-state index in [0.29, 0.717) is 23.2 Å². The highest BCUT2D eigenvalue weighted by Gasteiger charge is 2.10. The van der Waals surface area contributed by atoms with Crippen molar-refractivity contribution in [3.05, 3.63) is 41.8 Å². The van der Waals surface area contributed by atoms with E-state index in [4.69, 9.17) is 9.26 Å². The van der Waals surface area contributed by atoms with Crippen molar-refractivity contribution in [2.24, 2.45) is 0 Å². The molecule has 3 rings (SSSR count). The highest BCUT2D eigenvalue weighted by atomic mass is 16.5. The molecule has 22 heavy (non-hydrogen) atoms. The predicted molar refractivity (Wildman–Crippen MR) is 79.6 cm³/mol. The number of ether oxygens (including phenoxy) is 1. The summed E-state index contributed by atoms with van der Waals surface area (Å²) >= 11 is 0. The normalized spacial score (nSPS) is 10.6. The molecule has 0 aliphatic carbocycles. The molecule has 1 amide bonds. The molecule has 0 aliphatic heterocycles. The number of fused-ring (bicyclic) bond motifs is 1. The molecule has 2 aromatic heterocycles. The zero-order valence-corrected chi connectivity index (χ0v) is 12.2. The van der Waals surface area contributed by atoms with E-state index in [-0.39, 0.29) is 12.5 Å². The molecule has 0 radical (unpaired) electrons. The van der Waals surface area contributed by atoms with Crippen LogP contribution in [0.25, 0.3) is 11.0 Å². The van der Waals surface area contributed by atoms with Gasteiger partial charge in [-0.2, -0.15) is 0 Å². The summed E-state index contributed by atoms with van der Waals surface area (Å²) < 4.78 is 10.3. The van der Waals surface area contributed by atoms with E-state index in [1.807, 2.05) is 24.3 Å². The molecular weight excluding hydrogens is 284 g/mol.